The van der Waals surface area contributed by atoms with Gasteiger partial charge in [0, 0.05) is 24.0 Å². The van der Waals surface area contributed by atoms with Crippen LogP contribution >= 0.6 is 11.3 Å². The van der Waals surface area contributed by atoms with E-state index in [-0.39, 0.29) is 6.61 Å². The van der Waals surface area contributed by atoms with Crippen LogP contribution in [-0.2, 0) is 11.3 Å². The number of aliphatic hydroxyl groups excluding tert-OH is 1. The topological polar surface area (TPSA) is 60.8 Å². The van der Waals surface area contributed by atoms with E-state index in [4.69, 9.17) is 10.2 Å². The van der Waals surface area contributed by atoms with Crippen molar-refractivity contribution >= 4 is 23.4 Å². The number of rotatable bonds is 6. The van der Waals surface area contributed by atoms with Gasteiger partial charge in [-0.05, 0) is 30.1 Å². The number of carbonyl (C=O) groups is 1. The molecule has 1 heterocycles. The molecule has 0 aliphatic carbocycles. The largest absolute Gasteiger partial charge is 0.478 e. The number of likely N-dealkylation sites (N-methyl/N-ethyl adjacent to an activating group) is 1. The van der Waals surface area contributed by atoms with Gasteiger partial charge in [-0.3, -0.25) is 4.90 Å². The Morgan fingerprint density at radius 1 is 1.62 bits per heavy atom. The van der Waals surface area contributed by atoms with Crippen LogP contribution in [0.15, 0.2) is 17.5 Å². The van der Waals surface area contributed by atoms with Crippen LogP contribution in [0, 0.1) is 0 Å². The van der Waals surface area contributed by atoms with Gasteiger partial charge >= 0.3 is 5.97 Å². The Kier molecular flexibility index (Phi) is 5.18. The van der Waals surface area contributed by atoms with Crippen molar-refractivity contribution < 1.29 is 15.0 Å². The number of aliphatic hydroxyl groups is 1. The minimum atomic E-state index is -0.940. The van der Waals surface area contributed by atoms with Crippen LogP contribution in [0.1, 0.15) is 10.4 Å². The molecule has 1 aromatic rings. The van der Waals surface area contributed by atoms with E-state index < -0.39 is 5.97 Å². The van der Waals surface area contributed by atoms with E-state index in [2.05, 4.69) is 0 Å². The molecule has 0 aliphatic heterocycles. The third-order valence-corrected chi connectivity index (χ3v) is 2.94. The van der Waals surface area contributed by atoms with Gasteiger partial charge in [0.25, 0.3) is 0 Å². The van der Waals surface area contributed by atoms with Crippen molar-refractivity contribution in [2.75, 3.05) is 20.2 Å². The average Bonchev–Trinajstić information content (AvgIpc) is 2.63. The van der Waals surface area contributed by atoms with Gasteiger partial charge < -0.3 is 10.2 Å². The molecule has 1 rings (SSSR count). The normalized spacial score (nSPS) is 11.4. The summed E-state index contributed by atoms with van der Waals surface area (Å²) in [5, 5.41) is 19.1. The molecule has 2 N–H and O–H groups in total. The summed E-state index contributed by atoms with van der Waals surface area (Å²) in [6.07, 6.45) is 2.71. The van der Waals surface area contributed by atoms with Gasteiger partial charge in [0.2, 0.25) is 0 Å². The van der Waals surface area contributed by atoms with Crippen LogP contribution in [0.3, 0.4) is 0 Å². The number of nitrogens with zero attached hydrogens (tertiary/aromatic N) is 1. The fraction of sp³-hybridized carbons (Fsp3) is 0.364. The zero-order chi connectivity index (χ0) is 12.0. The average molecular weight is 241 g/mol. The molecule has 0 atom stereocenters. The molecule has 0 spiro atoms. The Balaban J connectivity index is 2.54. The summed E-state index contributed by atoms with van der Waals surface area (Å²) in [7, 11) is 1.93. The molecule has 16 heavy (non-hydrogen) atoms. The maximum atomic E-state index is 10.3. The molecule has 0 amide bonds. The highest BCUT2D eigenvalue weighted by Crippen LogP contribution is 2.17. The van der Waals surface area contributed by atoms with Gasteiger partial charge in [0.1, 0.15) is 0 Å². The van der Waals surface area contributed by atoms with Crippen molar-refractivity contribution in [2.24, 2.45) is 0 Å². The predicted molar refractivity (Wildman–Crippen MR) is 64.4 cm³/mol. The standard InChI is InChI=1S/C11H15NO3S/c1-12(4-5-13)7-10-6-9(8-16-10)2-3-11(14)15/h2-3,6,8,13H,4-5,7H2,1H3,(H,14,15). The first kappa shape index (κ1) is 12.9. The van der Waals surface area contributed by atoms with Crippen molar-refractivity contribution in [3.8, 4) is 0 Å². The maximum Gasteiger partial charge on any atom is 0.328 e. The fourth-order valence-corrected chi connectivity index (χ4v) is 2.18. The van der Waals surface area contributed by atoms with E-state index >= 15 is 0 Å². The molecule has 0 bridgehead atoms. The highest BCUT2D eigenvalue weighted by Gasteiger charge is 2.02. The zero-order valence-corrected chi connectivity index (χ0v) is 9.91. The SMILES string of the molecule is CN(CCO)Cc1cc(C=CC(=O)O)cs1. The number of aliphatic carboxylic acids is 1. The van der Waals surface area contributed by atoms with Crippen LogP contribution < -0.4 is 0 Å². The maximum absolute atomic E-state index is 10.3. The Morgan fingerprint density at radius 2 is 2.38 bits per heavy atom. The number of hydrogen-bond donors (Lipinski definition) is 2. The lowest BCUT2D eigenvalue weighted by Crippen LogP contribution is -2.20. The summed E-state index contributed by atoms with van der Waals surface area (Å²) >= 11 is 1.59. The zero-order valence-electron chi connectivity index (χ0n) is 9.09. The third kappa shape index (κ3) is 4.57. The first-order chi connectivity index (χ1) is 7.61. The van der Waals surface area contributed by atoms with Crippen molar-refractivity contribution in [1.29, 1.82) is 0 Å². The molecule has 5 heteroatoms. The summed E-state index contributed by atoms with van der Waals surface area (Å²) < 4.78 is 0. The van der Waals surface area contributed by atoms with E-state index in [1.54, 1.807) is 17.4 Å². The van der Waals surface area contributed by atoms with Gasteiger partial charge in [-0.15, -0.1) is 11.3 Å². The summed E-state index contributed by atoms with van der Waals surface area (Å²) in [5.41, 5.74) is 0.903. The second-order valence-corrected chi connectivity index (χ2v) is 4.48. The first-order valence-corrected chi connectivity index (χ1v) is 5.77. The lowest BCUT2D eigenvalue weighted by Gasteiger charge is -2.12. The highest BCUT2D eigenvalue weighted by atomic mass is 32.1. The molecule has 4 nitrogen and oxygen atoms in total. The fourth-order valence-electron chi connectivity index (χ4n) is 1.25. The second-order valence-electron chi connectivity index (χ2n) is 3.48. The first-order valence-electron chi connectivity index (χ1n) is 4.89. The molecule has 0 saturated heterocycles. The van der Waals surface area contributed by atoms with Crippen molar-refractivity contribution in [1.82, 2.24) is 4.90 Å². The molecular formula is C11H15NO3S. The van der Waals surface area contributed by atoms with E-state index in [9.17, 15) is 4.79 Å². The van der Waals surface area contributed by atoms with Crippen LogP contribution in [0.4, 0.5) is 0 Å². The molecule has 0 saturated carbocycles. The quantitative estimate of drug-likeness (QED) is 0.736. The van der Waals surface area contributed by atoms with Crippen molar-refractivity contribution in [2.45, 2.75) is 6.54 Å². The summed E-state index contributed by atoms with van der Waals surface area (Å²) in [5.74, 6) is -0.940. The van der Waals surface area contributed by atoms with E-state index in [1.807, 2.05) is 23.4 Å². The van der Waals surface area contributed by atoms with Crippen LogP contribution in [0.5, 0.6) is 0 Å². The number of carboxylic acid groups (broad SMARTS) is 1. The van der Waals surface area contributed by atoms with E-state index in [0.29, 0.717) is 6.54 Å². The van der Waals surface area contributed by atoms with E-state index in [0.717, 1.165) is 23.1 Å². The molecule has 0 aromatic carbocycles. The Hall–Kier alpha value is -1.17. The minimum Gasteiger partial charge on any atom is -0.478 e. The number of carboxylic acids is 1. The van der Waals surface area contributed by atoms with Crippen molar-refractivity contribution in [3.05, 3.63) is 28.0 Å². The van der Waals surface area contributed by atoms with Crippen LogP contribution in [-0.4, -0.2) is 41.3 Å². The number of thiophene rings is 1. The molecular weight excluding hydrogens is 226 g/mol. The van der Waals surface area contributed by atoms with Crippen LogP contribution in [0.2, 0.25) is 0 Å². The van der Waals surface area contributed by atoms with E-state index in [1.165, 1.54) is 0 Å². The molecule has 1 aromatic heterocycles. The summed E-state index contributed by atoms with van der Waals surface area (Å²) in [6, 6.07) is 1.96. The second kappa shape index (κ2) is 6.42. The van der Waals surface area contributed by atoms with Crippen molar-refractivity contribution in [3.63, 3.8) is 0 Å². The van der Waals surface area contributed by atoms with Gasteiger partial charge in [-0.25, -0.2) is 4.79 Å². The Labute approximate surface area is 98.4 Å². The molecule has 88 valence electrons. The van der Waals surface area contributed by atoms with Crippen LogP contribution in [0.25, 0.3) is 6.08 Å². The summed E-state index contributed by atoms with van der Waals surface area (Å²) in [4.78, 5) is 13.5. The third-order valence-electron chi connectivity index (χ3n) is 2.00. The lowest BCUT2D eigenvalue weighted by atomic mass is 10.3. The molecule has 0 radical (unpaired) electrons. The molecule has 0 unspecified atom stereocenters. The van der Waals surface area contributed by atoms with Gasteiger partial charge in [-0.2, -0.15) is 0 Å². The van der Waals surface area contributed by atoms with Gasteiger partial charge in [0.15, 0.2) is 0 Å². The highest BCUT2D eigenvalue weighted by molar-refractivity contribution is 7.10. The lowest BCUT2D eigenvalue weighted by molar-refractivity contribution is -0.131. The molecule has 0 fully saturated rings. The predicted octanol–water partition coefficient (Wildman–Crippen LogP) is 1.27. The molecule has 0 aliphatic rings. The monoisotopic (exact) mass is 241 g/mol. The minimum absolute atomic E-state index is 0.146. The van der Waals surface area contributed by atoms with Gasteiger partial charge in [-0.1, -0.05) is 0 Å². The van der Waals surface area contributed by atoms with Gasteiger partial charge in [0.05, 0.1) is 6.61 Å². The smallest absolute Gasteiger partial charge is 0.328 e. The Morgan fingerprint density at radius 3 is 3.00 bits per heavy atom. The number of hydrogen-bond acceptors (Lipinski definition) is 4. The Bertz CT molecular complexity index is 373. The summed E-state index contributed by atoms with van der Waals surface area (Å²) in [6.45, 7) is 1.55.